The summed E-state index contributed by atoms with van der Waals surface area (Å²) in [6.45, 7) is 0. The Morgan fingerprint density at radius 2 is 1.37 bits per heavy atom. The van der Waals surface area contributed by atoms with Gasteiger partial charge >= 0.3 is 5.97 Å². The van der Waals surface area contributed by atoms with Crippen molar-refractivity contribution in [2.75, 3.05) is 14.2 Å². The molecule has 4 heteroatoms. The van der Waals surface area contributed by atoms with Crippen molar-refractivity contribution in [3.05, 3.63) is 120 Å². The van der Waals surface area contributed by atoms with E-state index in [9.17, 15) is 4.79 Å². The molecule has 4 aromatic rings. The van der Waals surface area contributed by atoms with Crippen LogP contribution in [0.4, 0.5) is 0 Å². The lowest BCUT2D eigenvalue weighted by molar-refractivity contribution is -0.128. The van der Waals surface area contributed by atoms with E-state index in [-0.39, 0.29) is 0 Å². The molecule has 4 nitrogen and oxygen atoms in total. The van der Waals surface area contributed by atoms with Crippen molar-refractivity contribution in [1.82, 2.24) is 0 Å². The predicted molar refractivity (Wildman–Crippen MR) is 141 cm³/mol. The molecule has 0 bridgehead atoms. The van der Waals surface area contributed by atoms with Crippen LogP contribution in [0, 0.1) is 0 Å². The van der Waals surface area contributed by atoms with Crippen LogP contribution in [0.5, 0.6) is 17.2 Å². The van der Waals surface area contributed by atoms with Gasteiger partial charge in [-0.15, -0.1) is 0 Å². The molecule has 0 saturated heterocycles. The first kappa shape index (κ1) is 23.6. The lowest BCUT2D eigenvalue weighted by atomic mass is 10.0. The molecule has 174 valence electrons. The largest absolute Gasteiger partial charge is 0.497 e. The molecule has 0 heterocycles. The number of benzene rings is 4. The third-order valence-electron chi connectivity index (χ3n) is 5.40. The van der Waals surface area contributed by atoms with Gasteiger partial charge in [0.05, 0.1) is 14.2 Å². The first-order chi connectivity index (χ1) is 17.2. The quantitative estimate of drug-likeness (QED) is 0.121. The summed E-state index contributed by atoms with van der Waals surface area (Å²) in [6.07, 6.45) is 7.07. The number of rotatable bonds is 8. The second-order valence-corrected chi connectivity index (χ2v) is 7.72. The van der Waals surface area contributed by atoms with Crippen molar-refractivity contribution in [2.24, 2.45) is 0 Å². The van der Waals surface area contributed by atoms with Crippen molar-refractivity contribution in [1.29, 1.82) is 0 Å². The molecule has 0 aliphatic carbocycles. The topological polar surface area (TPSA) is 44.8 Å². The zero-order chi connectivity index (χ0) is 24.5. The third kappa shape index (κ3) is 6.27. The molecule has 0 radical (unpaired) electrons. The molecular weight excluding hydrogens is 436 g/mol. The second-order valence-electron chi connectivity index (χ2n) is 7.72. The number of hydrogen-bond donors (Lipinski definition) is 0. The zero-order valence-electron chi connectivity index (χ0n) is 19.7. The number of esters is 1. The SMILES string of the molecule is COc1cc(/C=C/c2ccccc2)c(/C=C/C(=O)Oc2cccc(-c3ccccc3)c2)c(OC)c1. The third-order valence-corrected chi connectivity index (χ3v) is 5.40. The van der Waals surface area contributed by atoms with Crippen molar-refractivity contribution in [3.8, 4) is 28.4 Å². The second kappa shape index (κ2) is 11.5. The minimum atomic E-state index is -0.480. The number of hydrogen-bond acceptors (Lipinski definition) is 4. The molecule has 0 fully saturated rings. The Balaban J connectivity index is 1.58. The van der Waals surface area contributed by atoms with Crippen LogP contribution in [-0.4, -0.2) is 20.2 Å². The molecule has 0 aromatic heterocycles. The Bertz CT molecular complexity index is 1340. The van der Waals surface area contributed by atoms with Crippen LogP contribution < -0.4 is 14.2 Å². The van der Waals surface area contributed by atoms with Crippen LogP contribution in [0.2, 0.25) is 0 Å². The van der Waals surface area contributed by atoms with E-state index in [0.717, 1.165) is 27.8 Å². The lowest BCUT2D eigenvalue weighted by Crippen LogP contribution is -2.04. The monoisotopic (exact) mass is 462 g/mol. The maximum absolute atomic E-state index is 12.7. The highest BCUT2D eigenvalue weighted by molar-refractivity contribution is 5.91. The first-order valence-electron chi connectivity index (χ1n) is 11.2. The van der Waals surface area contributed by atoms with E-state index in [1.165, 1.54) is 6.08 Å². The van der Waals surface area contributed by atoms with E-state index in [4.69, 9.17) is 14.2 Å². The summed E-state index contributed by atoms with van der Waals surface area (Å²) in [5.74, 6) is 1.25. The average molecular weight is 463 g/mol. The van der Waals surface area contributed by atoms with Crippen LogP contribution >= 0.6 is 0 Å². The Hall–Kier alpha value is -4.57. The summed E-state index contributed by atoms with van der Waals surface area (Å²) in [5.41, 5.74) is 4.68. The van der Waals surface area contributed by atoms with Crippen LogP contribution in [-0.2, 0) is 4.79 Å². The summed E-state index contributed by atoms with van der Waals surface area (Å²) in [7, 11) is 3.19. The standard InChI is InChI=1S/C31H26O4/c1-33-28-21-26(17-16-23-10-5-3-6-11-23)29(30(22-28)34-2)18-19-31(32)35-27-15-9-14-25(20-27)24-12-7-4-8-13-24/h3-22H,1-2H3/b17-16+,19-18+. The van der Waals surface area contributed by atoms with Crippen LogP contribution in [0.3, 0.4) is 0 Å². The van der Waals surface area contributed by atoms with E-state index >= 15 is 0 Å². The molecule has 4 rings (SSSR count). The molecule has 0 saturated carbocycles. The fourth-order valence-corrected chi connectivity index (χ4v) is 3.65. The number of methoxy groups -OCH3 is 2. The van der Waals surface area contributed by atoms with Gasteiger partial charge in [-0.1, -0.05) is 84.9 Å². The van der Waals surface area contributed by atoms with Gasteiger partial charge in [0, 0.05) is 17.7 Å². The molecular formula is C31H26O4. The van der Waals surface area contributed by atoms with Gasteiger partial charge in [0.25, 0.3) is 0 Å². The normalized spacial score (nSPS) is 11.0. The molecule has 0 aliphatic rings. The Labute approximate surface area is 205 Å². The predicted octanol–water partition coefficient (Wildman–Crippen LogP) is 7.16. The highest BCUT2D eigenvalue weighted by Crippen LogP contribution is 2.31. The van der Waals surface area contributed by atoms with Crippen LogP contribution in [0.25, 0.3) is 29.4 Å². The van der Waals surface area contributed by atoms with Gasteiger partial charge in [0.1, 0.15) is 17.2 Å². The smallest absolute Gasteiger partial charge is 0.336 e. The maximum atomic E-state index is 12.7. The minimum Gasteiger partial charge on any atom is -0.497 e. The van der Waals surface area contributed by atoms with E-state index < -0.39 is 5.97 Å². The number of carbonyl (C=O) groups excluding carboxylic acids is 1. The van der Waals surface area contributed by atoms with Crippen molar-refractivity contribution >= 4 is 24.2 Å². The van der Waals surface area contributed by atoms with Gasteiger partial charge in [-0.2, -0.15) is 0 Å². The van der Waals surface area contributed by atoms with Gasteiger partial charge in [-0.05, 0) is 46.5 Å². The van der Waals surface area contributed by atoms with Crippen LogP contribution in [0.1, 0.15) is 16.7 Å². The Morgan fingerprint density at radius 1 is 0.657 bits per heavy atom. The molecule has 4 aromatic carbocycles. The average Bonchev–Trinajstić information content (AvgIpc) is 2.91. The molecule has 0 atom stereocenters. The molecule has 0 spiro atoms. The molecule has 0 unspecified atom stereocenters. The maximum Gasteiger partial charge on any atom is 0.336 e. The highest BCUT2D eigenvalue weighted by atomic mass is 16.5. The van der Waals surface area contributed by atoms with Crippen molar-refractivity contribution in [3.63, 3.8) is 0 Å². The summed E-state index contributed by atoms with van der Waals surface area (Å²) < 4.78 is 16.6. The molecule has 35 heavy (non-hydrogen) atoms. The van der Waals surface area contributed by atoms with Crippen LogP contribution in [0.15, 0.2) is 103 Å². The fraction of sp³-hybridized carbons (Fsp3) is 0.0645. The molecule has 0 amide bonds. The Morgan fingerprint density at radius 3 is 2.09 bits per heavy atom. The van der Waals surface area contributed by atoms with E-state index in [1.807, 2.05) is 97.1 Å². The fourth-order valence-electron chi connectivity index (χ4n) is 3.65. The first-order valence-corrected chi connectivity index (χ1v) is 11.2. The highest BCUT2D eigenvalue weighted by Gasteiger charge is 2.10. The van der Waals surface area contributed by atoms with E-state index in [2.05, 4.69) is 0 Å². The number of ether oxygens (including phenoxy) is 3. The minimum absolute atomic E-state index is 0.479. The van der Waals surface area contributed by atoms with Crippen molar-refractivity contribution in [2.45, 2.75) is 0 Å². The van der Waals surface area contributed by atoms with Crippen molar-refractivity contribution < 1.29 is 19.0 Å². The van der Waals surface area contributed by atoms with Gasteiger partial charge in [0.2, 0.25) is 0 Å². The summed E-state index contributed by atoms with van der Waals surface area (Å²) in [4.78, 5) is 12.7. The van der Waals surface area contributed by atoms with Gasteiger partial charge in [-0.3, -0.25) is 0 Å². The van der Waals surface area contributed by atoms with Gasteiger partial charge in [-0.25, -0.2) is 4.79 Å². The van der Waals surface area contributed by atoms with E-state index in [0.29, 0.717) is 17.2 Å². The molecule has 0 N–H and O–H groups in total. The summed E-state index contributed by atoms with van der Waals surface area (Å²) >= 11 is 0. The molecule has 0 aliphatic heterocycles. The summed E-state index contributed by atoms with van der Waals surface area (Å²) in [5, 5.41) is 0. The number of carbonyl (C=O) groups is 1. The zero-order valence-corrected chi connectivity index (χ0v) is 19.7. The lowest BCUT2D eigenvalue weighted by Gasteiger charge is -2.11. The van der Waals surface area contributed by atoms with Gasteiger partial charge in [0.15, 0.2) is 0 Å². The van der Waals surface area contributed by atoms with Gasteiger partial charge < -0.3 is 14.2 Å². The van der Waals surface area contributed by atoms with E-state index in [1.54, 1.807) is 32.4 Å². The summed E-state index contributed by atoms with van der Waals surface area (Å²) in [6, 6.07) is 31.1. The Kier molecular flexibility index (Phi) is 7.77.